The standard InChI is InChI=1S/C28H24O2/c29-27(23-13-5-1-6-14-23,24-15-7-2-8-16-24)21-22-28(30,25-17-9-3-10-18-25)26-19-11-4-12-20-26/h1-20H,21-22H2/q-1. The SMILES string of the molecule is [O]C(CCC([O-])(c1ccccc1)c1ccccc1)(c1ccccc1)c1ccccc1. The Kier molecular flexibility index (Phi) is 5.80. The van der Waals surface area contributed by atoms with E-state index in [1.807, 2.05) is 121 Å². The van der Waals surface area contributed by atoms with Crippen molar-refractivity contribution in [2.24, 2.45) is 0 Å². The molecule has 30 heavy (non-hydrogen) atoms. The van der Waals surface area contributed by atoms with Crippen LogP contribution in [0.1, 0.15) is 35.1 Å². The Morgan fingerprint density at radius 1 is 0.467 bits per heavy atom. The summed E-state index contributed by atoms with van der Waals surface area (Å²) in [6, 6.07) is 37.5. The predicted molar refractivity (Wildman–Crippen MR) is 117 cm³/mol. The van der Waals surface area contributed by atoms with Gasteiger partial charge in [-0.3, -0.25) is 0 Å². The third kappa shape index (κ3) is 3.93. The Hall–Kier alpha value is -3.20. The van der Waals surface area contributed by atoms with Crippen molar-refractivity contribution in [3.05, 3.63) is 144 Å². The lowest BCUT2D eigenvalue weighted by Crippen LogP contribution is -2.43. The Bertz CT molecular complexity index is 877. The van der Waals surface area contributed by atoms with Crippen LogP contribution in [0.4, 0.5) is 0 Å². The first-order valence-corrected chi connectivity index (χ1v) is 10.3. The van der Waals surface area contributed by atoms with Gasteiger partial charge in [-0.1, -0.05) is 144 Å². The normalized spacial score (nSPS) is 11.9. The fourth-order valence-corrected chi connectivity index (χ4v) is 4.09. The Morgan fingerprint density at radius 2 is 0.767 bits per heavy atom. The minimum absolute atomic E-state index is 0.189. The first kappa shape index (κ1) is 20.1. The van der Waals surface area contributed by atoms with Crippen molar-refractivity contribution in [2.45, 2.75) is 24.0 Å². The quantitative estimate of drug-likeness (QED) is 0.413. The van der Waals surface area contributed by atoms with E-state index in [0.717, 1.165) is 0 Å². The van der Waals surface area contributed by atoms with Gasteiger partial charge in [0.25, 0.3) is 0 Å². The van der Waals surface area contributed by atoms with Gasteiger partial charge < -0.3 is 5.11 Å². The molecule has 0 amide bonds. The molecule has 0 aromatic heterocycles. The summed E-state index contributed by atoms with van der Waals surface area (Å²) in [6.07, 6.45) is 0.378. The molecule has 0 heterocycles. The van der Waals surface area contributed by atoms with Gasteiger partial charge in [0, 0.05) is 0 Å². The molecule has 0 fully saturated rings. The van der Waals surface area contributed by atoms with Crippen LogP contribution in [-0.4, -0.2) is 0 Å². The van der Waals surface area contributed by atoms with Crippen molar-refractivity contribution in [1.29, 1.82) is 0 Å². The molecule has 0 spiro atoms. The first-order chi connectivity index (χ1) is 14.6. The van der Waals surface area contributed by atoms with Crippen LogP contribution >= 0.6 is 0 Å². The highest BCUT2D eigenvalue weighted by molar-refractivity contribution is 5.38. The minimum Gasteiger partial charge on any atom is -0.843 e. The first-order valence-electron chi connectivity index (χ1n) is 10.3. The molecular weight excluding hydrogens is 368 g/mol. The van der Waals surface area contributed by atoms with E-state index in [9.17, 15) is 10.2 Å². The maximum Gasteiger partial charge on any atom is 0.153 e. The fourth-order valence-electron chi connectivity index (χ4n) is 4.09. The Balaban J connectivity index is 1.76. The second-order valence-electron chi connectivity index (χ2n) is 7.62. The summed E-state index contributed by atoms with van der Waals surface area (Å²) in [5.41, 5.74) is -0.276. The second kappa shape index (κ2) is 8.66. The van der Waals surface area contributed by atoms with Crippen molar-refractivity contribution < 1.29 is 10.2 Å². The predicted octanol–water partition coefficient (Wildman–Crippen LogP) is 5.45. The van der Waals surface area contributed by atoms with E-state index in [2.05, 4.69) is 0 Å². The van der Waals surface area contributed by atoms with Gasteiger partial charge in [-0.15, -0.1) is 0 Å². The molecule has 0 bridgehead atoms. The molecule has 0 unspecified atom stereocenters. The van der Waals surface area contributed by atoms with Gasteiger partial charge in [-0.05, 0) is 17.5 Å². The van der Waals surface area contributed by atoms with E-state index in [1.165, 1.54) is 0 Å². The molecule has 1 radical (unpaired) electrons. The summed E-state index contributed by atoms with van der Waals surface area (Å²) in [6.45, 7) is 0. The Morgan fingerprint density at radius 3 is 1.10 bits per heavy atom. The third-order valence-electron chi connectivity index (χ3n) is 5.79. The highest BCUT2D eigenvalue weighted by Crippen LogP contribution is 2.40. The molecule has 0 saturated carbocycles. The van der Waals surface area contributed by atoms with E-state index >= 15 is 0 Å². The number of benzene rings is 4. The lowest BCUT2D eigenvalue weighted by atomic mass is 9.76. The molecule has 4 aromatic rings. The summed E-state index contributed by atoms with van der Waals surface area (Å²) in [5, 5.41) is 28.6. The van der Waals surface area contributed by atoms with Gasteiger partial charge >= 0.3 is 0 Å². The monoisotopic (exact) mass is 392 g/mol. The fraction of sp³-hybridized carbons (Fsp3) is 0.143. The molecule has 4 rings (SSSR count). The maximum atomic E-state index is 14.3. The van der Waals surface area contributed by atoms with Crippen molar-refractivity contribution in [3.8, 4) is 0 Å². The van der Waals surface area contributed by atoms with Gasteiger partial charge in [0.05, 0.1) is 0 Å². The van der Waals surface area contributed by atoms with Gasteiger partial charge in [0.2, 0.25) is 0 Å². The summed E-state index contributed by atoms with van der Waals surface area (Å²) < 4.78 is 0. The molecule has 0 atom stereocenters. The van der Waals surface area contributed by atoms with Crippen LogP contribution in [0.2, 0.25) is 0 Å². The number of rotatable bonds is 7. The molecule has 149 valence electrons. The van der Waals surface area contributed by atoms with E-state index < -0.39 is 11.2 Å². The average molecular weight is 392 g/mol. The van der Waals surface area contributed by atoms with Crippen LogP contribution in [-0.2, 0) is 16.3 Å². The second-order valence-corrected chi connectivity index (χ2v) is 7.62. The van der Waals surface area contributed by atoms with Crippen molar-refractivity contribution in [3.63, 3.8) is 0 Å². The van der Waals surface area contributed by atoms with Crippen LogP contribution in [0.5, 0.6) is 0 Å². The summed E-state index contributed by atoms with van der Waals surface area (Å²) in [4.78, 5) is 0. The zero-order valence-corrected chi connectivity index (χ0v) is 16.8. The van der Waals surface area contributed by atoms with E-state index in [1.54, 1.807) is 0 Å². The molecule has 0 aliphatic rings. The van der Waals surface area contributed by atoms with E-state index in [0.29, 0.717) is 22.3 Å². The summed E-state index contributed by atoms with van der Waals surface area (Å²) >= 11 is 0. The Labute approximate surface area is 178 Å². The highest BCUT2D eigenvalue weighted by atomic mass is 16.3. The smallest absolute Gasteiger partial charge is 0.153 e. The lowest BCUT2D eigenvalue weighted by Gasteiger charge is -2.44. The third-order valence-corrected chi connectivity index (χ3v) is 5.79. The van der Waals surface area contributed by atoms with Crippen LogP contribution in [0.25, 0.3) is 0 Å². The van der Waals surface area contributed by atoms with Gasteiger partial charge in [-0.25, -0.2) is 5.11 Å². The molecule has 2 nitrogen and oxygen atoms in total. The maximum absolute atomic E-state index is 14.3. The van der Waals surface area contributed by atoms with Crippen LogP contribution in [0, 0.1) is 0 Å². The zero-order chi connectivity index (χ0) is 20.9. The molecular formula is C28H24O2-. The number of hydrogen-bond donors (Lipinski definition) is 0. The summed E-state index contributed by atoms with van der Waals surface area (Å²) in [7, 11) is 0. The van der Waals surface area contributed by atoms with Crippen molar-refractivity contribution in [1.82, 2.24) is 0 Å². The minimum atomic E-state index is -1.50. The van der Waals surface area contributed by atoms with Gasteiger partial charge in [0.15, 0.2) is 5.60 Å². The highest BCUT2D eigenvalue weighted by Gasteiger charge is 2.36. The van der Waals surface area contributed by atoms with E-state index in [-0.39, 0.29) is 12.8 Å². The van der Waals surface area contributed by atoms with E-state index in [4.69, 9.17) is 0 Å². The largest absolute Gasteiger partial charge is 0.843 e. The topological polar surface area (TPSA) is 43.0 Å². The van der Waals surface area contributed by atoms with Crippen LogP contribution in [0.3, 0.4) is 0 Å². The van der Waals surface area contributed by atoms with Crippen LogP contribution < -0.4 is 5.11 Å². The molecule has 2 heteroatoms. The van der Waals surface area contributed by atoms with Gasteiger partial charge in [-0.2, -0.15) is 0 Å². The number of hydrogen-bond acceptors (Lipinski definition) is 1. The molecule has 0 aliphatic heterocycles. The van der Waals surface area contributed by atoms with Crippen molar-refractivity contribution in [2.75, 3.05) is 0 Å². The average Bonchev–Trinajstić information content (AvgIpc) is 2.84. The lowest BCUT2D eigenvalue weighted by molar-refractivity contribution is -0.474. The van der Waals surface area contributed by atoms with Crippen molar-refractivity contribution >= 4 is 0 Å². The van der Waals surface area contributed by atoms with Gasteiger partial charge in [0.1, 0.15) is 0 Å². The molecule has 0 N–H and O–H groups in total. The summed E-state index contributed by atoms with van der Waals surface area (Å²) in [5.74, 6) is 0. The molecule has 0 saturated heterocycles. The molecule has 4 aromatic carbocycles. The zero-order valence-electron chi connectivity index (χ0n) is 16.8. The van der Waals surface area contributed by atoms with Crippen LogP contribution in [0.15, 0.2) is 121 Å². The molecule has 0 aliphatic carbocycles.